The van der Waals surface area contributed by atoms with E-state index in [1.54, 1.807) is 0 Å². The molecule has 0 saturated heterocycles. The zero-order chi connectivity index (χ0) is 71.7. The molecule has 0 aliphatic carbocycles. The van der Waals surface area contributed by atoms with Crippen molar-refractivity contribution in [1.29, 1.82) is 0 Å². The van der Waals surface area contributed by atoms with Crippen molar-refractivity contribution in [3.8, 4) is 0 Å². The molecule has 592 valence electrons. The maximum Gasteiger partial charge on any atom is 0.224 e. The van der Waals surface area contributed by atoms with Gasteiger partial charge in [-0.1, -0.05) is 441 Å². The predicted molar refractivity (Wildman–Crippen MR) is 428 cm³/mol. The number of aliphatic hydroxyl groups excluding tert-OH is 4. The van der Waals surface area contributed by atoms with Crippen LogP contribution in [0.5, 0.6) is 0 Å². The molecular formula is C84H182O10P2Ti. The van der Waals surface area contributed by atoms with Crippen molar-refractivity contribution in [2.75, 3.05) is 52.9 Å². The molecule has 0 aromatic rings. The Balaban J connectivity index is -0.000000221. The summed E-state index contributed by atoms with van der Waals surface area (Å²) < 4.78 is 21.4. The molecule has 0 amide bonds. The first-order valence-electron chi connectivity index (χ1n) is 43.3. The third-order valence-electron chi connectivity index (χ3n) is 17.9. The van der Waals surface area contributed by atoms with Crippen molar-refractivity contribution >= 4 is 17.2 Å². The van der Waals surface area contributed by atoms with E-state index in [0.29, 0.717) is 52.9 Å². The molecule has 0 atom stereocenters. The van der Waals surface area contributed by atoms with Crippen LogP contribution in [0.15, 0.2) is 0 Å². The van der Waals surface area contributed by atoms with Crippen LogP contribution in [0, 0.1) is 0 Å². The van der Waals surface area contributed by atoms with Gasteiger partial charge in [-0.3, -0.25) is 0 Å². The molecular weight excluding hydrogens is 1280 g/mol. The number of unbranched alkanes of at least 4 members (excludes halogenated alkanes) is 60. The third kappa shape index (κ3) is 134. The Morgan fingerprint density at radius 1 is 0.165 bits per heavy atom. The number of hydrogen-bond donors (Lipinski definition) is 4. The average Bonchev–Trinajstić information content (AvgIpc) is 3.73. The molecule has 10 nitrogen and oxygen atoms in total. The van der Waals surface area contributed by atoms with Gasteiger partial charge < -0.3 is 30.2 Å². The van der Waals surface area contributed by atoms with Crippen LogP contribution in [0.25, 0.3) is 0 Å². The minimum atomic E-state index is -2.26. The van der Waals surface area contributed by atoms with Crippen LogP contribution in [0.1, 0.15) is 492 Å². The average molecular weight is 1460 g/mol. The summed E-state index contributed by atoms with van der Waals surface area (Å²) in [6, 6.07) is 0. The smallest absolute Gasteiger partial charge is 0.224 e. The minimum absolute atomic E-state index is 0. The molecule has 0 aliphatic rings. The monoisotopic (exact) mass is 1460 g/mol. The topological polar surface area (TPSA) is 164 Å². The SMILES string of the molecule is CCCCCCCCCCCCCO[PH+]([O-])OCCCCCCCCCCCCC.CCCCCCCCCCCCCO[PH+]([O-])OCCCCCCCCCCCCC.CCCCCCCCO.CCCCCCCCO.CCCCCCCCO.CCCCCCCCO.[Ti]. The van der Waals surface area contributed by atoms with Crippen LogP contribution in [0.3, 0.4) is 0 Å². The van der Waals surface area contributed by atoms with E-state index in [-0.39, 0.29) is 21.7 Å². The molecule has 0 saturated carbocycles. The van der Waals surface area contributed by atoms with Gasteiger partial charge in [-0.15, -0.1) is 0 Å². The second-order valence-electron chi connectivity index (χ2n) is 28.0. The molecule has 0 aliphatic heterocycles. The fraction of sp³-hybridized carbons (Fsp3) is 1.00. The van der Waals surface area contributed by atoms with Gasteiger partial charge in [0.15, 0.2) is 0 Å². The van der Waals surface area contributed by atoms with Gasteiger partial charge in [-0.2, -0.15) is 0 Å². The Bertz CT molecular complexity index is 979. The van der Waals surface area contributed by atoms with E-state index in [1.807, 2.05) is 0 Å². The molecule has 0 bridgehead atoms. The molecule has 0 heterocycles. The van der Waals surface area contributed by atoms with Crippen LogP contribution < -0.4 is 9.79 Å². The summed E-state index contributed by atoms with van der Waals surface area (Å²) in [5.74, 6) is 0. The maximum absolute atomic E-state index is 11.7. The summed E-state index contributed by atoms with van der Waals surface area (Å²) in [5, 5.41) is 33.7. The van der Waals surface area contributed by atoms with Crippen molar-refractivity contribution in [3.05, 3.63) is 0 Å². The van der Waals surface area contributed by atoms with Gasteiger partial charge in [0, 0.05) is 48.1 Å². The van der Waals surface area contributed by atoms with Crippen LogP contribution in [-0.2, 0) is 39.8 Å². The Morgan fingerprint density at radius 2 is 0.258 bits per heavy atom. The van der Waals surface area contributed by atoms with Gasteiger partial charge in [0.1, 0.15) is 0 Å². The predicted octanol–water partition coefficient (Wildman–Crippen LogP) is 27.3. The van der Waals surface area contributed by atoms with E-state index < -0.39 is 17.2 Å². The summed E-state index contributed by atoms with van der Waals surface area (Å²) in [6.45, 7) is 21.8. The zero-order valence-corrected chi connectivity index (χ0v) is 71.0. The van der Waals surface area contributed by atoms with Crippen LogP contribution in [0.4, 0.5) is 0 Å². The standard InChI is InChI=1S/2C26H55O3P.4C8H18O.Ti/c2*1-3-5-7-9-11-13-15-17-19-21-23-25-28-30(27)29-26-24-22-20-18-16-14-12-10-8-6-4-2;4*1-2-3-4-5-6-7-8-9;/h2*30H,3-26H2,1-2H3;4*9H,2-8H2,1H3;. The zero-order valence-electron chi connectivity index (χ0n) is 67.5. The van der Waals surface area contributed by atoms with Crippen LogP contribution >= 0.6 is 17.2 Å². The first-order chi connectivity index (χ1) is 47.3. The number of rotatable bonds is 76. The van der Waals surface area contributed by atoms with E-state index in [0.717, 1.165) is 51.4 Å². The van der Waals surface area contributed by atoms with Crippen molar-refractivity contribution in [1.82, 2.24) is 0 Å². The number of hydrogen-bond acceptors (Lipinski definition) is 10. The molecule has 0 aromatic carbocycles. The van der Waals surface area contributed by atoms with Crippen molar-refractivity contribution < 1.29 is 70.0 Å². The first kappa shape index (κ1) is 112. The van der Waals surface area contributed by atoms with Gasteiger partial charge in [0.2, 0.25) is 17.2 Å². The molecule has 4 N–H and O–H groups in total. The van der Waals surface area contributed by atoms with Crippen LogP contribution in [0.2, 0.25) is 0 Å². The van der Waals surface area contributed by atoms with Gasteiger partial charge in [0.25, 0.3) is 0 Å². The van der Waals surface area contributed by atoms with E-state index in [4.69, 9.17) is 38.5 Å². The molecule has 13 heteroatoms. The summed E-state index contributed by atoms with van der Waals surface area (Å²) in [6.07, 6.45) is 88.0. The van der Waals surface area contributed by atoms with E-state index >= 15 is 0 Å². The van der Waals surface area contributed by atoms with E-state index in [9.17, 15) is 9.79 Å². The Hall–Kier alpha value is 1.17. The molecule has 0 fully saturated rings. The molecule has 0 radical (unpaired) electrons. The van der Waals surface area contributed by atoms with Gasteiger partial charge in [0.05, 0.1) is 26.4 Å². The first-order valence-corrected chi connectivity index (χ1v) is 45.8. The minimum Gasteiger partial charge on any atom is -0.633 e. The maximum atomic E-state index is 11.7. The molecule has 0 aromatic heterocycles. The van der Waals surface area contributed by atoms with Crippen LogP contribution in [-0.4, -0.2) is 73.3 Å². The fourth-order valence-electron chi connectivity index (χ4n) is 11.3. The molecule has 0 rings (SSSR count). The normalized spacial score (nSPS) is 10.9. The number of aliphatic hydroxyl groups is 4. The Morgan fingerprint density at radius 3 is 0.361 bits per heavy atom. The van der Waals surface area contributed by atoms with Crippen molar-refractivity contribution in [3.63, 3.8) is 0 Å². The summed E-state index contributed by atoms with van der Waals surface area (Å²) in [5.41, 5.74) is 0. The second kappa shape index (κ2) is 118. The quantitative estimate of drug-likeness (QED) is 0.0262. The largest absolute Gasteiger partial charge is 0.633 e. The molecule has 0 unspecified atom stereocenters. The Labute approximate surface area is 628 Å². The molecule has 97 heavy (non-hydrogen) atoms. The Kier molecular flexibility index (Phi) is 136. The van der Waals surface area contributed by atoms with Crippen molar-refractivity contribution in [2.45, 2.75) is 492 Å². The summed E-state index contributed by atoms with van der Waals surface area (Å²) in [7, 11) is -4.53. The van der Waals surface area contributed by atoms with E-state index in [2.05, 4.69) is 55.4 Å². The molecule has 0 spiro atoms. The van der Waals surface area contributed by atoms with Gasteiger partial charge in [-0.25, -0.2) is 18.1 Å². The summed E-state index contributed by atoms with van der Waals surface area (Å²) in [4.78, 5) is 23.5. The fourth-order valence-corrected chi connectivity index (χ4v) is 12.7. The van der Waals surface area contributed by atoms with Gasteiger partial charge in [-0.05, 0) is 51.4 Å². The third-order valence-corrected chi connectivity index (χ3v) is 19.7. The summed E-state index contributed by atoms with van der Waals surface area (Å²) >= 11 is 0. The van der Waals surface area contributed by atoms with Gasteiger partial charge >= 0.3 is 0 Å². The van der Waals surface area contributed by atoms with E-state index in [1.165, 1.54) is 385 Å². The second-order valence-corrected chi connectivity index (χ2v) is 30.2. The van der Waals surface area contributed by atoms with Crippen molar-refractivity contribution in [2.24, 2.45) is 0 Å².